The zero-order valence-corrected chi connectivity index (χ0v) is 18.6. The number of benzene rings is 2. The smallest absolute Gasteiger partial charge is 0.336 e. The summed E-state index contributed by atoms with van der Waals surface area (Å²) < 4.78 is 2.92. The van der Waals surface area contributed by atoms with Crippen molar-refractivity contribution in [1.82, 2.24) is 14.5 Å². The van der Waals surface area contributed by atoms with Crippen LogP contribution in [-0.4, -0.2) is 15.0 Å². The van der Waals surface area contributed by atoms with E-state index in [1.54, 1.807) is 29.6 Å². The van der Waals surface area contributed by atoms with Crippen LogP contribution in [0.5, 0.6) is 0 Å². The van der Waals surface area contributed by atoms with Gasteiger partial charge in [-0.1, -0.05) is 29.8 Å². The van der Waals surface area contributed by atoms with Crippen molar-refractivity contribution >= 4 is 39.1 Å². The van der Waals surface area contributed by atoms with Crippen LogP contribution in [0.25, 0.3) is 15.9 Å². The number of hydrogen-bond acceptors (Lipinski definition) is 4. The first-order chi connectivity index (χ1) is 14.8. The maximum Gasteiger partial charge on any atom is 0.336 e. The van der Waals surface area contributed by atoms with Crippen molar-refractivity contribution in [3.05, 3.63) is 96.5 Å². The average molecular weight is 454 g/mol. The van der Waals surface area contributed by atoms with Gasteiger partial charge < -0.3 is 5.32 Å². The van der Waals surface area contributed by atoms with Gasteiger partial charge in [0, 0.05) is 11.6 Å². The lowest BCUT2D eigenvalue weighted by Gasteiger charge is -2.13. The summed E-state index contributed by atoms with van der Waals surface area (Å²) in [6.07, 6.45) is 0. The molecule has 0 bridgehead atoms. The predicted molar refractivity (Wildman–Crippen MR) is 124 cm³/mol. The van der Waals surface area contributed by atoms with Crippen LogP contribution in [0.2, 0.25) is 5.02 Å². The molecule has 0 fully saturated rings. The van der Waals surface area contributed by atoms with Gasteiger partial charge in [0.05, 0.1) is 11.2 Å². The number of rotatable bonds is 5. The first kappa shape index (κ1) is 21.1. The molecule has 8 heteroatoms. The Labute approximate surface area is 187 Å². The summed E-state index contributed by atoms with van der Waals surface area (Å²) in [4.78, 5) is 38.9. The van der Waals surface area contributed by atoms with E-state index in [4.69, 9.17) is 11.6 Å². The molecule has 4 aromatic rings. The minimum Gasteiger partial charge on any atom is -0.350 e. The van der Waals surface area contributed by atoms with Crippen molar-refractivity contribution < 1.29 is 4.79 Å². The quantitative estimate of drug-likeness (QED) is 0.499. The van der Waals surface area contributed by atoms with E-state index in [1.807, 2.05) is 38.1 Å². The molecule has 0 atom stereocenters. The predicted octanol–water partition coefficient (Wildman–Crippen LogP) is 3.80. The molecule has 158 valence electrons. The van der Waals surface area contributed by atoms with E-state index in [0.717, 1.165) is 21.3 Å². The van der Waals surface area contributed by atoms with Crippen molar-refractivity contribution in [2.24, 2.45) is 0 Å². The zero-order valence-electron chi connectivity index (χ0n) is 17.0. The average Bonchev–Trinajstić information content (AvgIpc) is 3.23. The summed E-state index contributed by atoms with van der Waals surface area (Å²) in [5.74, 6) is -0.324. The Morgan fingerprint density at radius 3 is 2.48 bits per heavy atom. The van der Waals surface area contributed by atoms with Crippen molar-refractivity contribution in [3.63, 3.8) is 0 Å². The van der Waals surface area contributed by atoms with E-state index >= 15 is 0 Å². The Morgan fingerprint density at radius 1 is 1.03 bits per heavy atom. The van der Waals surface area contributed by atoms with E-state index in [0.29, 0.717) is 27.5 Å². The summed E-state index contributed by atoms with van der Waals surface area (Å²) in [5.41, 5.74) is 2.96. The van der Waals surface area contributed by atoms with Crippen molar-refractivity contribution in [2.75, 3.05) is 0 Å². The van der Waals surface area contributed by atoms with Crippen LogP contribution in [0.15, 0.2) is 63.5 Å². The van der Waals surface area contributed by atoms with Gasteiger partial charge in [-0.05, 0) is 66.2 Å². The number of nitrogens with one attached hydrogen (secondary N) is 1. The standard InChI is InChI=1S/C23H20ClN3O3S/c1-14-3-8-18(11-15(14)2)27-22(29)21-19(9-10-31-21)26(23(27)30)13-20(28)25-12-16-4-6-17(24)7-5-16/h3-11H,12-13H2,1-2H3,(H,25,28). The van der Waals surface area contributed by atoms with E-state index < -0.39 is 5.69 Å². The molecule has 2 heterocycles. The third-order valence-electron chi connectivity index (χ3n) is 5.21. The Kier molecular flexibility index (Phi) is 5.80. The molecule has 2 aromatic heterocycles. The van der Waals surface area contributed by atoms with Gasteiger partial charge >= 0.3 is 5.69 Å². The fourth-order valence-corrected chi connectivity index (χ4v) is 4.28. The molecular formula is C23H20ClN3O3S. The van der Waals surface area contributed by atoms with Gasteiger partial charge in [0.15, 0.2) is 0 Å². The van der Waals surface area contributed by atoms with Crippen LogP contribution >= 0.6 is 22.9 Å². The summed E-state index contributed by atoms with van der Waals surface area (Å²) in [6.45, 7) is 4.02. The normalized spacial score (nSPS) is 11.1. The fraction of sp³-hybridized carbons (Fsp3) is 0.174. The lowest BCUT2D eigenvalue weighted by atomic mass is 10.1. The number of fused-ring (bicyclic) bond motifs is 1. The first-order valence-corrected chi connectivity index (χ1v) is 10.9. The number of aryl methyl sites for hydroxylation is 2. The number of aromatic nitrogens is 2. The molecule has 0 aliphatic rings. The Morgan fingerprint density at radius 2 is 1.77 bits per heavy atom. The third kappa shape index (κ3) is 4.19. The highest BCUT2D eigenvalue weighted by Crippen LogP contribution is 2.18. The van der Waals surface area contributed by atoms with Crippen LogP contribution < -0.4 is 16.6 Å². The summed E-state index contributed by atoms with van der Waals surface area (Å²) in [6, 6.07) is 14.3. The van der Waals surface area contributed by atoms with Crippen molar-refractivity contribution in [3.8, 4) is 5.69 Å². The number of halogens is 1. The van der Waals surface area contributed by atoms with Gasteiger partial charge in [-0.2, -0.15) is 0 Å². The summed E-state index contributed by atoms with van der Waals surface area (Å²) >= 11 is 7.14. The van der Waals surface area contributed by atoms with E-state index in [1.165, 1.54) is 15.9 Å². The van der Waals surface area contributed by atoms with E-state index in [2.05, 4.69) is 5.32 Å². The molecule has 0 aliphatic heterocycles. The Hall–Kier alpha value is -3.16. The van der Waals surface area contributed by atoms with Gasteiger partial charge in [-0.25, -0.2) is 9.36 Å². The van der Waals surface area contributed by atoms with Gasteiger partial charge in [-0.15, -0.1) is 11.3 Å². The second-order valence-corrected chi connectivity index (χ2v) is 8.67. The Bertz CT molecular complexity index is 1400. The number of amides is 1. The second kappa shape index (κ2) is 8.53. The summed E-state index contributed by atoms with van der Waals surface area (Å²) in [7, 11) is 0. The molecule has 0 spiro atoms. The van der Waals surface area contributed by atoms with Crippen LogP contribution in [0, 0.1) is 13.8 Å². The topological polar surface area (TPSA) is 73.1 Å². The highest BCUT2D eigenvalue weighted by atomic mass is 35.5. The fourth-order valence-electron chi connectivity index (χ4n) is 3.33. The summed E-state index contributed by atoms with van der Waals surface area (Å²) in [5, 5.41) is 5.18. The lowest BCUT2D eigenvalue weighted by molar-refractivity contribution is -0.121. The molecule has 0 saturated heterocycles. The molecule has 1 N–H and O–H groups in total. The number of hydrogen-bond donors (Lipinski definition) is 1. The largest absolute Gasteiger partial charge is 0.350 e. The molecule has 0 saturated carbocycles. The number of carbonyl (C=O) groups is 1. The monoisotopic (exact) mass is 453 g/mol. The lowest BCUT2D eigenvalue weighted by Crippen LogP contribution is -2.41. The third-order valence-corrected chi connectivity index (χ3v) is 6.35. The molecule has 0 aliphatic carbocycles. The van der Waals surface area contributed by atoms with Gasteiger partial charge in [0.2, 0.25) is 5.91 Å². The van der Waals surface area contributed by atoms with Crippen LogP contribution in [0.4, 0.5) is 0 Å². The minimum atomic E-state index is -0.541. The second-order valence-electron chi connectivity index (χ2n) is 7.32. The van der Waals surface area contributed by atoms with Crippen LogP contribution in [0.3, 0.4) is 0 Å². The molecule has 0 unspecified atom stereocenters. The highest BCUT2D eigenvalue weighted by Gasteiger charge is 2.17. The Balaban J connectivity index is 1.70. The molecular weight excluding hydrogens is 434 g/mol. The van der Waals surface area contributed by atoms with Gasteiger partial charge in [0.1, 0.15) is 11.2 Å². The zero-order chi connectivity index (χ0) is 22.1. The maximum atomic E-state index is 13.3. The molecule has 31 heavy (non-hydrogen) atoms. The maximum absolute atomic E-state index is 13.3. The van der Waals surface area contributed by atoms with Crippen LogP contribution in [0.1, 0.15) is 16.7 Å². The number of thiophene rings is 1. The van der Waals surface area contributed by atoms with Gasteiger partial charge in [0.25, 0.3) is 5.56 Å². The molecule has 4 rings (SSSR count). The highest BCUT2D eigenvalue weighted by molar-refractivity contribution is 7.17. The number of nitrogens with zero attached hydrogens (tertiary/aromatic N) is 2. The van der Waals surface area contributed by atoms with E-state index in [9.17, 15) is 14.4 Å². The SMILES string of the molecule is Cc1ccc(-n2c(=O)c3sccc3n(CC(=O)NCc3ccc(Cl)cc3)c2=O)cc1C. The molecule has 6 nitrogen and oxygen atoms in total. The molecule has 2 aromatic carbocycles. The molecule has 0 radical (unpaired) electrons. The van der Waals surface area contributed by atoms with Crippen molar-refractivity contribution in [1.29, 1.82) is 0 Å². The minimum absolute atomic E-state index is 0.190. The van der Waals surface area contributed by atoms with Crippen molar-refractivity contribution in [2.45, 2.75) is 26.9 Å². The number of carbonyl (C=O) groups excluding carboxylic acids is 1. The van der Waals surface area contributed by atoms with E-state index in [-0.39, 0.29) is 18.0 Å². The molecule has 1 amide bonds. The first-order valence-electron chi connectivity index (χ1n) is 9.67. The van der Waals surface area contributed by atoms with Crippen LogP contribution in [-0.2, 0) is 17.9 Å². The van der Waals surface area contributed by atoms with Gasteiger partial charge in [-0.3, -0.25) is 14.2 Å².